The minimum Gasteiger partial charge on any atom is -0.381 e. The van der Waals surface area contributed by atoms with Crippen molar-refractivity contribution < 1.29 is 0 Å². The molecule has 1 saturated carbocycles. The highest BCUT2D eigenvalue weighted by Crippen LogP contribution is 2.35. The molecule has 0 bridgehead atoms. The first-order chi connectivity index (χ1) is 14.8. The lowest BCUT2D eigenvalue weighted by Crippen LogP contribution is -2.45. The van der Waals surface area contributed by atoms with Gasteiger partial charge in [0, 0.05) is 47.8 Å². The van der Waals surface area contributed by atoms with E-state index in [1.54, 1.807) is 30.9 Å². The molecule has 0 amide bonds. The van der Waals surface area contributed by atoms with E-state index in [2.05, 4.69) is 41.0 Å². The maximum atomic E-state index is 9.01. The van der Waals surface area contributed by atoms with E-state index in [-0.39, 0.29) is 0 Å². The Morgan fingerprint density at radius 2 is 2.03 bits per heavy atom. The van der Waals surface area contributed by atoms with Gasteiger partial charge in [0.1, 0.15) is 17.0 Å². The van der Waals surface area contributed by atoms with Crippen LogP contribution in [0.3, 0.4) is 0 Å². The van der Waals surface area contributed by atoms with Crippen LogP contribution in [0.15, 0.2) is 60.4 Å². The van der Waals surface area contributed by atoms with Gasteiger partial charge in [-0.25, -0.2) is 19.9 Å². The number of anilines is 1. The lowest BCUT2D eigenvalue weighted by atomic mass is 9.87. The molecule has 0 atom stereocenters. The number of fused-ring (bicyclic) bond motifs is 1. The summed E-state index contributed by atoms with van der Waals surface area (Å²) < 4.78 is 3.45. The lowest BCUT2D eigenvalue weighted by molar-refractivity contribution is 0.355. The summed E-state index contributed by atoms with van der Waals surface area (Å²) in [7, 11) is 0. The van der Waals surface area contributed by atoms with Gasteiger partial charge in [-0.3, -0.25) is 4.72 Å². The average molecular weight is 414 g/mol. The molecule has 5 rings (SSSR count). The molecule has 30 heavy (non-hydrogen) atoms. The highest BCUT2D eigenvalue weighted by molar-refractivity contribution is 7.97. The maximum Gasteiger partial charge on any atom is 0.139 e. The standard InChI is InChI=1S/C21H18N8S/c22-10-13-1-5-24-19(7-13)30-29-15-8-14(9-15)28-20-16-2-6-25-21(16)26-11-17(20)18-3-4-23-12-27-18/h1-7,11-12,14-15,29H,8-9H2,(H2,25,26,28). The summed E-state index contributed by atoms with van der Waals surface area (Å²) >= 11 is 1.47. The van der Waals surface area contributed by atoms with Crippen molar-refractivity contribution in [2.45, 2.75) is 30.0 Å². The zero-order valence-electron chi connectivity index (χ0n) is 15.9. The number of nitriles is 1. The number of H-pyrrole nitrogens is 1. The van der Waals surface area contributed by atoms with E-state index in [1.807, 2.05) is 24.5 Å². The molecule has 1 aliphatic carbocycles. The van der Waals surface area contributed by atoms with E-state index in [9.17, 15) is 0 Å². The fraction of sp³-hybridized carbons (Fsp3) is 0.190. The summed E-state index contributed by atoms with van der Waals surface area (Å²) in [6.07, 6.45) is 10.7. The normalized spacial score (nSPS) is 18.0. The highest BCUT2D eigenvalue weighted by Gasteiger charge is 2.30. The number of hydrogen-bond acceptors (Lipinski definition) is 8. The van der Waals surface area contributed by atoms with E-state index in [0.29, 0.717) is 17.6 Å². The van der Waals surface area contributed by atoms with Crippen LogP contribution in [0.5, 0.6) is 0 Å². The molecule has 0 spiro atoms. The Kier molecular flexibility index (Phi) is 5.01. The van der Waals surface area contributed by atoms with Gasteiger partial charge < -0.3 is 10.3 Å². The summed E-state index contributed by atoms with van der Waals surface area (Å²) in [6, 6.07) is 10.3. The number of aromatic amines is 1. The van der Waals surface area contributed by atoms with E-state index in [4.69, 9.17) is 5.26 Å². The van der Waals surface area contributed by atoms with E-state index in [1.165, 1.54) is 11.9 Å². The van der Waals surface area contributed by atoms with Crippen LogP contribution >= 0.6 is 11.9 Å². The first-order valence-electron chi connectivity index (χ1n) is 9.57. The van der Waals surface area contributed by atoms with Gasteiger partial charge in [-0.05, 0) is 49.1 Å². The van der Waals surface area contributed by atoms with Gasteiger partial charge in [0.2, 0.25) is 0 Å². The van der Waals surface area contributed by atoms with Crippen molar-refractivity contribution in [2.75, 3.05) is 5.32 Å². The van der Waals surface area contributed by atoms with Crippen LogP contribution in [0.25, 0.3) is 22.3 Å². The molecule has 9 heteroatoms. The van der Waals surface area contributed by atoms with Crippen molar-refractivity contribution in [3.05, 3.63) is 60.9 Å². The van der Waals surface area contributed by atoms with Crippen molar-refractivity contribution in [1.82, 2.24) is 29.6 Å². The van der Waals surface area contributed by atoms with Gasteiger partial charge in [-0.2, -0.15) is 5.26 Å². The summed E-state index contributed by atoms with van der Waals surface area (Å²) in [6.45, 7) is 0. The fourth-order valence-corrected chi connectivity index (χ4v) is 4.30. The van der Waals surface area contributed by atoms with Crippen LogP contribution < -0.4 is 10.0 Å². The summed E-state index contributed by atoms with van der Waals surface area (Å²) in [5.74, 6) is 0. The van der Waals surface area contributed by atoms with Gasteiger partial charge in [0.05, 0.1) is 23.0 Å². The van der Waals surface area contributed by atoms with Gasteiger partial charge in [-0.1, -0.05) is 0 Å². The molecule has 0 unspecified atom stereocenters. The molecule has 3 N–H and O–H groups in total. The Morgan fingerprint density at radius 1 is 1.10 bits per heavy atom. The Hall–Kier alpha value is -3.48. The van der Waals surface area contributed by atoms with Crippen LogP contribution in [0.4, 0.5) is 5.69 Å². The second kappa shape index (κ2) is 8.10. The molecule has 4 aromatic heterocycles. The van der Waals surface area contributed by atoms with Gasteiger partial charge >= 0.3 is 0 Å². The second-order valence-electron chi connectivity index (χ2n) is 7.11. The molecule has 1 aliphatic rings. The van der Waals surface area contributed by atoms with Gasteiger partial charge in [0.15, 0.2) is 0 Å². The SMILES string of the molecule is N#Cc1ccnc(SNC2CC(Nc3c(-c4ccncn4)cnc4[nH]ccc34)C2)c1. The summed E-state index contributed by atoms with van der Waals surface area (Å²) in [4.78, 5) is 20.4. The third kappa shape index (κ3) is 3.70. The highest BCUT2D eigenvalue weighted by atomic mass is 32.2. The number of aromatic nitrogens is 5. The minimum absolute atomic E-state index is 0.350. The number of pyridine rings is 2. The molecule has 148 valence electrons. The molecule has 4 aromatic rings. The Labute approximate surface area is 177 Å². The van der Waals surface area contributed by atoms with Crippen LogP contribution in [0.1, 0.15) is 18.4 Å². The van der Waals surface area contributed by atoms with E-state index < -0.39 is 0 Å². The van der Waals surface area contributed by atoms with Crippen LogP contribution in [-0.4, -0.2) is 37.0 Å². The maximum absolute atomic E-state index is 9.01. The van der Waals surface area contributed by atoms with Crippen LogP contribution in [0.2, 0.25) is 0 Å². The number of nitrogens with zero attached hydrogens (tertiary/aromatic N) is 5. The molecule has 0 aromatic carbocycles. The first kappa shape index (κ1) is 18.5. The monoisotopic (exact) mass is 414 g/mol. The average Bonchev–Trinajstić information content (AvgIpc) is 3.25. The molecule has 8 nitrogen and oxygen atoms in total. The van der Waals surface area contributed by atoms with Crippen molar-refractivity contribution in [3.63, 3.8) is 0 Å². The fourth-order valence-electron chi connectivity index (χ4n) is 3.52. The number of nitrogens with one attached hydrogen (secondary N) is 3. The molecule has 0 saturated heterocycles. The van der Waals surface area contributed by atoms with Gasteiger partial charge in [0.25, 0.3) is 0 Å². The van der Waals surface area contributed by atoms with E-state index in [0.717, 1.165) is 45.8 Å². The van der Waals surface area contributed by atoms with Crippen molar-refractivity contribution in [3.8, 4) is 17.3 Å². The molecule has 0 aliphatic heterocycles. The van der Waals surface area contributed by atoms with Gasteiger partial charge in [-0.15, -0.1) is 0 Å². The lowest BCUT2D eigenvalue weighted by Gasteiger charge is -2.37. The molecule has 1 fully saturated rings. The molecular weight excluding hydrogens is 396 g/mol. The quantitative estimate of drug-likeness (QED) is 0.411. The smallest absolute Gasteiger partial charge is 0.139 e. The number of hydrogen-bond donors (Lipinski definition) is 3. The zero-order chi connectivity index (χ0) is 20.3. The van der Waals surface area contributed by atoms with Crippen LogP contribution in [-0.2, 0) is 0 Å². The van der Waals surface area contributed by atoms with Crippen molar-refractivity contribution in [1.29, 1.82) is 5.26 Å². The molecule has 0 radical (unpaired) electrons. The molecular formula is C21H18N8S. The Balaban J connectivity index is 1.27. The summed E-state index contributed by atoms with van der Waals surface area (Å²) in [5, 5.41) is 14.6. The topological polar surface area (TPSA) is 115 Å². The van der Waals surface area contributed by atoms with Crippen molar-refractivity contribution in [2.24, 2.45) is 0 Å². The number of rotatable bonds is 6. The zero-order valence-corrected chi connectivity index (χ0v) is 16.7. The third-order valence-corrected chi connectivity index (χ3v) is 6.01. The van der Waals surface area contributed by atoms with Crippen LogP contribution in [0, 0.1) is 11.3 Å². The minimum atomic E-state index is 0.350. The molecule has 4 heterocycles. The first-order valence-corrected chi connectivity index (χ1v) is 10.4. The van der Waals surface area contributed by atoms with E-state index >= 15 is 0 Å². The predicted molar refractivity (Wildman–Crippen MR) is 115 cm³/mol. The predicted octanol–water partition coefficient (Wildman–Crippen LogP) is 3.53. The van der Waals surface area contributed by atoms with Crippen molar-refractivity contribution >= 4 is 28.7 Å². The summed E-state index contributed by atoms with van der Waals surface area (Å²) in [5.41, 5.74) is 4.32. The third-order valence-electron chi connectivity index (χ3n) is 5.13. The largest absolute Gasteiger partial charge is 0.381 e. The Morgan fingerprint density at radius 3 is 2.87 bits per heavy atom. The Bertz CT molecular complexity index is 1210. The second-order valence-corrected chi connectivity index (χ2v) is 7.96.